The van der Waals surface area contributed by atoms with Crippen LogP contribution in [0.4, 0.5) is 5.69 Å². The molecule has 8 heteroatoms. The van der Waals surface area contributed by atoms with Crippen molar-refractivity contribution in [3.8, 4) is 5.69 Å². The second-order valence-electron chi connectivity index (χ2n) is 5.54. The summed E-state index contributed by atoms with van der Waals surface area (Å²) in [5.74, 6) is -0.756. The van der Waals surface area contributed by atoms with Crippen molar-refractivity contribution in [1.29, 1.82) is 0 Å². The van der Waals surface area contributed by atoms with Crippen LogP contribution in [-0.4, -0.2) is 41.2 Å². The molecule has 1 N–H and O–H groups in total. The molecular formula is C16H18N4O4. The quantitative estimate of drug-likeness (QED) is 0.825. The molecule has 0 saturated carbocycles. The first-order valence-corrected chi connectivity index (χ1v) is 7.53. The van der Waals surface area contributed by atoms with Crippen molar-refractivity contribution in [3.05, 3.63) is 56.4 Å². The fourth-order valence-corrected chi connectivity index (χ4v) is 2.72. The molecule has 0 fully saturated rings. The summed E-state index contributed by atoms with van der Waals surface area (Å²) in [6.07, 6.45) is 1.23. The second-order valence-corrected chi connectivity index (χ2v) is 5.54. The molecule has 0 unspecified atom stereocenters. The molecule has 1 aliphatic heterocycles. The third kappa shape index (κ3) is 2.61. The summed E-state index contributed by atoms with van der Waals surface area (Å²) in [4.78, 5) is 38.0. The number of fused-ring (bicyclic) bond motifs is 1. The van der Waals surface area contributed by atoms with Crippen LogP contribution in [0.15, 0.2) is 34.0 Å². The minimum absolute atomic E-state index is 0.148. The molecule has 1 aromatic heterocycles. The molecule has 0 aliphatic carbocycles. The lowest BCUT2D eigenvalue weighted by atomic mass is 10.1. The van der Waals surface area contributed by atoms with E-state index >= 15 is 0 Å². The van der Waals surface area contributed by atoms with E-state index in [1.54, 1.807) is 13.0 Å². The molecule has 3 rings (SSSR count). The van der Waals surface area contributed by atoms with E-state index in [4.69, 9.17) is 4.74 Å². The summed E-state index contributed by atoms with van der Waals surface area (Å²) >= 11 is 0. The Morgan fingerprint density at radius 2 is 2.04 bits per heavy atom. The predicted molar refractivity (Wildman–Crippen MR) is 88.5 cm³/mol. The van der Waals surface area contributed by atoms with E-state index in [2.05, 4.69) is 4.98 Å². The fourth-order valence-electron chi connectivity index (χ4n) is 2.72. The molecule has 126 valence electrons. The van der Waals surface area contributed by atoms with E-state index in [0.29, 0.717) is 12.2 Å². The zero-order chi connectivity index (χ0) is 17.4. The Morgan fingerprint density at radius 1 is 1.29 bits per heavy atom. The lowest BCUT2D eigenvalue weighted by Gasteiger charge is -2.21. The van der Waals surface area contributed by atoms with Crippen LogP contribution in [0.5, 0.6) is 0 Å². The zero-order valence-electron chi connectivity index (χ0n) is 13.7. The number of carbonyl (C=O) groups excluding carboxylic acids is 1. The summed E-state index contributed by atoms with van der Waals surface area (Å²) in [5.41, 5.74) is 1.11. The van der Waals surface area contributed by atoms with E-state index in [1.807, 2.05) is 36.2 Å². The van der Waals surface area contributed by atoms with Crippen LogP contribution in [0.1, 0.15) is 22.8 Å². The highest BCUT2D eigenvalue weighted by Crippen LogP contribution is 2.30. The molecule has 0 saturated heterocycles. The largest absolute Gasteiger partial charge is 0.462 e. The van der Waals surface area contributed by atoms with Crippen LogP contribution in [0.25, 0.3) is 5.69 Å². The topological polar surface area (TPSA) is 87.6 Å². The summed E-state index contributed by atoms with van der Waals surface area (Å²) in [6, 6.07) is 5.53. The van der Waals surface area contributed by atoms with Crippen molar-refractivity contribution < 1.29 is 9.53 Å². The van der Waals surface area contributed by atoms with Gasteiger partial charge in [-0.1, -0.05) is 0 Å². The summed E-state index contributed by atoms with van der Waals surface area (Å²) in [5, 5.41) is 4.05. The maximum atomic E-state index is 12.1. The lowest BCUT2D eigenvalue weighted by Crippen LogP contribution is -2.33. The van der Waals surface area contributed by atoms with Gasteiger partial charge in [0.2, 0.25) is 0 Å². The molecule has 0 amide bonds. The Kier molecular flexibility index (Phi) is 3.98. The van der Waals surface area contributed by atoms with Crippen LogP contribution in [-0.2, 0) is 11.3 Å². The third-order valence-corrected chi connectivity index (χ3v) is 4.04. The SMILES string of the molecule is CCOC(=O)c1cn(-c2ccc3c(c2)CN(C)N3C)c(=O)[nH]c1=O. The van der Waals surface area contributed by atoms with Gasteiger partial charge in [0, 0.05) is 26.8 Å². The van der Waals surface area contributed by atoms with Crippen molar-refractivity contribution >= 4 is 11.7 Å². The normalized spacial score (nSPS) is 13.9. The van der Waals surface area contributed by atoms with E-state index in [0.717, 1.165) is 11.3 Å². The Balaban J connectivity index is 2.09. The number of anilines is 1. The molecule has 2 aromatic rings. The molecule has 2 heterocycles. The summed E-state index contributed by atoms with van der Waals surface area (Å²) < 4.78 is 6.10. The van der Waals surface area contributed by atoms with E-state index in [1.165, 1.54) is 10.8 Å². The van der Waals surface area contributed by atoms with Gasteiger partial charge in [0.1, 0.15) is 5.56 Å². The summed E-state index contributed by atoms with van der Waals surface area (Å²) in [7, 11) is 3.92. The predicted octanol–water partition coefficient (Wildman–Crippen LogP) is 0.499. The highest BCUT2D eigenvalue weighted by molar-refractivity contribution is 5.88. The molecule has 0 spiro atoms. The number of rotatable bonds is 3. The number of hydrogen-bond acceptors (Lipinski definition) is 6. The molecule has 1 aliphatic rings. The van der Waals surface area contributed by atoms with Gasteiger partial charge in [-0.05, 0) is 30.7 Å². The average molecular weight is 330 g/mol. The Morgan fingerprint density at radius 3 is 2.75 bits per heavy atom. The van der Waals surface area contributed by atoms with E-state index in [-0.39, 0.29) is 12.2 Å². The van der Waals surface area contributed by atoms with Gasteiger partial charge >= 0.3 is 11.7 Å². The van der Waals surface area contributed by atoms with Gasteiger partial charge in [0.05, 0.1) is 18.0 Å². The first-order chi connectivity index (χ1) is 11.4. The van der Waals surface area contributed by atoms with Crippen molar-refractivity contribution in [3.63, 3.8) is 0 Å². The number of H-pyrrole nitrogens is 1. The number of benzene rings is 1. The molecule has 0 bridgehead atoms. The number of nitrogens with one attached hydrogen (secondary N) is 1. The van der Waals surface area contributed by atoms with Gasteiger partial charge in [-0.15, -0.1) is 0 Å². The average Bonchev–Trinajstić information content (AvgIpc) is 2.81. The molecule has 8 nitrogen and oxygen atoms in total. The smallest absolute Gasteiger partial charge is 0.345 e. The number of ether oxygens (including phenoxy) is 1. The lowest BCUT2D eigenvalue weighted by molar-refractivity contribution is 0.0523. The van der Waals surface area contributed by atoms with Gasteiger partial charge < -0.3 is 9.75 Å². The first kappa shape index (κ1) is 16.0. The van der Waals surface area contributed by atoms with Crippen molar-refractivity contribution in [2.75, 3.05) is 25.7 Å². The number of carbonyl (C=O) groups is 1. The number of nitrogens with zero attached hydrogens (tertiary/aromatic N) is 3. The Labute approximate surface area is 137 Å². The fraction of sp³-hybridized carbons (Fsp3) is 0.312. The minimum atomic E-state index is -0.756. The molecule has 0 radical (unpaired) electrons. The molecule has 24 heavy (non-hydrogen) atoms. The Bertz CT molecular complexity index is 915. The van der Waals surface area contributed by atoms with Gasteiger partial charge in [-0.25, -0.2) is 14.6 Å². The Hall–Kier alpha value is -2.87. The van der Waals surface area contributed by atoms with Gasteiger partial charge in [0.15, 0.2) is 0 Å². The van der Waals surface area contributed by atoms with E-state index in [9.17, 15) is 14.4 Å². The molecular weight excluding hydrogens is 312 g/mol. The van der Waals surface area contributed by atoms with E-state index < -0.39 is 17.2 Å². The monoisotopic (exact) mass is 330 g/mol. The number of aromatic nitrogens is 2. The molecule has 0 atom stereocenters. The van der Waals surface area contributed by atoms with Crippen molar-refractivity contribution in [1.82, 2.24) is 14.6 Å². The van der Waals surface area contributed by atoms with Crippen LogP contribution >= 0.6 is 0 Å². The highest BCUT2D eigenvalue weighted by atomic mass is 16.5. The summed E-state index contributed by atoms with van der Waals surface area (Å²) in [6.45, 7) is 2.51. The number of hydrazine groups is 1. The minimum Gasteiger partial charge on any atom is -0.462 e. The number of aromatic amines is 1. The van der Waals surface area contributed by atoms with Crippen LogP contribution in [0.3, 0.4) is 0 Å². The maximum Gasteiger partial charge on any atom is 0.345 e. The van der Waals surface area contributed by atoms with Crippen molar-refractivity contribution in [2.45, 2.75) is 13.5 Å². The standard InChI is InChI=1S/C16H18N4O4/c1-4-24-15(22)12-9-20(16(23)17-14(12)21)11-5-6-13-10(7-11)8-18(2)19(13)3/h5-7,9H,4,8H2,1-3H3,(H,17,21,23). The third-order valence-electron chi connectivity index (χ3n) is 4.04. The second kappa shape index (κ2) is 5.97. The highest BCUT2D eigenvalue weighted by Gasteiger charge is 2.22. The van der Waals surface area contributed by atoms with Gasteiger partial charge in [-0.3, -0.25) is 14.3 Å². The molecule has 1 aromatic carbocycles. The number of esters is 1. The first-order valence-electron chi connectivity index (χ1n) is 7.53. The zero-order valence-corrected chi connectivity index (χ0v) is 13.7. The maximum absolute atomic E-state index is 12.1. The van der Waals surface area contributed by atoms with Crippen LogP contribution in [0, 0.1) is 0 Å². The number of hydrogen-bond donors (Lipinski definition) is 1. The van der Waals surface area contributed by atoms with Gasteiger partial charge in [-0.2, -0.15) is 0 Å². The van der Waals surface area contributed by atoms with Crippen LogP contribution < -0.4 is 16.3 Å². The van der Waals surface area contributed by atoms with Crippen LogP contribution in [0.2, 0.25) is 0 Å². The van der Waals surface area contributed by atoms with Crippen molar-refractivity contribution in [2.24, 2.45) is 0 Å². The van der Waals surface area contributed by atoms with Gasteiger partial charge in [0.25, 0.3) is 5.56 Å².